The van der Waals surface area contributed by atoms with Gasteiger partial charge >= 0.3 is 0 Å². The van der Waals surface area contributed by atoms with E-state index in [-0.39, 0.29) is 11.9 Å². The molecule has 2 heteroatoms. The Bertz CT molecular complexity index is 547. The van der Waals surface area contributed by atoms with Gasteiger partial charge in [0.25, 0.3) is 0 Å². The highest BCUT2D eigenvalue weighted by molar-refractivity contribution is 5.38. The van der Waals surface area contributed by atoms with E-state index in [1.807, 2.05) is 30.3 Å². The molecule has 92 valence electrons. The molecule has 0 amide bonds. The standard InChI is InChI=1S/C16H15FO/c17-13-7-5-11(6-8-13)9-12-10-16(18)15-4-2-1-3-14(12)15/h1-8,12,16,18H,9-10H2/t12-,16-/m1/s1. The van der Waals surface area contributed by atoms with Crippen LogP contribution < -0.4 is 0 Å². The van der Waals surface area contributed by atoms with Crippen LogP contribution in [0.5, 0.6) is 0 Å². The Morgan fingerprint density at radius 2 is 1.67 bits per heavy atom. The minimum absolute atomic E-state index is 0.203. The van der Waals surface area contributed by atoms with Crippen LogP contribution >= 0.6 is 0 Å². The van der Waals surface area contributed by atoms with Crippen LogP contribution in [0.1, 0.15) is 35.1 Å². The lowest BCUT2D eigenvalue weighted by atomic mass is 9.94. The number of hydrogen-bond acceptors (Lipinski definition) is 1. The van der Waals surface area contributed by atoms with Gasteiger partial charge in [0, 0.05) is 0 Å². The largest absolute Gasteiger partial charge is 0.388 e. The molecule has 1 nitrogen and oxygen atoms in total. The molecule has 2 aromatic rings. The van der Waals surface area contributed by atoms with Crippen molar-refractivity contribution in [2.45, 2.75) is 24.9 Å². The third-order valence-corrected chi connectivity index (χ3v) is 3.70. The lowest BCUT2D eigenvalue weighted by Crippen LogP contribution is -1.99. The van der Waals surface area contributed by atoms with E-state index in [4.69, 9.17) is 0 Å². The second-order valence-electron chi connectivity index (χ2n) is 4.91. The molecule has 2 atom stereocenters. The van der Waals surface area contributed by atoms with Gasteiger partial charge in [0.1, 0.15) is 5.82 Å². The SMILES string of the molecule is O[C@@H]1C[C@@H](Cc2ccc(F)cc2)c2ccccc21. The van der Waals surface area contributed by atoms with Gasteiger partial charge in [-0.15, -0.1) is 0 Å². The third kappa shape index (κ3) is 2.04. The highest BCUT2D eigenvalue weighted by Crippen LogP contribution is 2.41. The van der Waals surface area contributed by atoms with Crippen molar-refractivity contribution < 1.29 is 9.50 Å². The van der Waals surface area contributed by atoms with E-state index >= 15 is 0 Å². The number of benzene rings is 2. The fraction of sp³-hybridized carbons (Fsp3) is 0.250. The normalized spacial score (nSPS) is 21.9. The molecule has 18 heavy (non-hydrogen) atoms. The molecule has 0 aliphatic heterocycles. The average Bonchev–Trinajstić information content (AvgIpc) is 2.70. The van der Waals surface area contributed by atoms with Gasteiger partial charge in [0.15, 0.2) is 0 Å². The third-order valence-electron chi connectivity index (χ3n) is 3.70. The van der Waals surface area contributed by atoms with Crippen LogP contribution in [0.3, 0.4) is 0 Å². The fourth-order valence-corrected chi connectivity index (χ4v) is 2.81. The Kier molecular flexibility index (Phi) is 2.88. The number of halogens is 1. The second-order valence-corrected chi connectivity index (χ2v) is 4.91. The molecule has 0 bridgehead atoms. The first-order valence-corrected chi connectivity index (χ1v) is 6.25. The maximum Gasteiger partial charge on any atom is 0.123 e. The van der Waals surface area contributed by atoms with E-state index in [1.165, 1.54) is 17.7 Å². The van der Waals surface area contributed by atoms with Gasteiger partial charge in [-0.05, 0) is 47.6 Å². The van der Waals surface area contributed by atoms with Crippen LogP contribution in [0.25, 0.3) is 0 Å². The average molecular weight is 242 g/mol. The van der Waals surface area contributed by atoms with Gasteiger partial charge in [-0.1, -0.05) is 36.4 Å². The zero-order chi connectivity index (χ0) is 12.5. The van der Waals surface area contributed by atoms with Crippen molar-refractivity contribution in [3.05, 3.63) is 71.0 Å². The zero-order valence-corrected chi connectivity index (χ0v) is 10.0. The van der Waals surface area contributed by atoms with E-state index in [0.29, 0.717) is 5.92 Å². The Morgan fingerprint density at radius 1 is 1.00 bits per heavy atom. The smallest absolute Gasteiger partial charge is 0.123 e. The summed E-state index contributed by atoms with van der Waals surface area (Å²) in [5, 5.41) is 10.0. The van der Waals surface area contributed by atoms with Crippen molar-refractivity contribution in [3.63, 3.8) is 0 Å². The summed E-state index contributed by atoms with van der Waals surface area (Å²) in [6, 6.07) is 14.7. The van der Waals surface area contributed by atoms with Gasteiger partial charge in [0.05, 0.1) is 6.10 Å². The number of aliphatic hydroxyl groups is 1. The molecule has 1 aliphatic carbocycles. The molecule has 3 rings (SSSR count). The Hall–Kier alpha value is -1.67. The maximum atomic E-state index is 12.9. The van der Waals surface area contributed by atoms with Crippen molar-refractivity contribution in [2.75, 3.05) is 0 Å². The minimum atomic E-state index is -0.355. The molecule has 2 aromatic carbocycles. The fourth-order valence-electron chi connectivity index (χ4n) is 2.81. The molecule has 0 heterocycles. The highest BCUT2D eigenvalue weighted by Gasteiger charge is 2.28. The highest BCUT2D eigenvalue weighted by atomic mass is 19.1. The van der Waals surface area contributed by atoms with Crippen molar-refractivity contribution in [2.24, 2.45) is 0 Å². The lowest BCUT2D eigenvalue weighted by Gasteiger charge is -2.11. The van der Waals surface area contributed by atoms with Crippen LogP contribution in [0, 0.1) is 5.82 Å². The molecule has 1 N–H and O–H groups in total. The quantitative estimate of drug-likeness (QED) is 0.853. The summed E-state index contributed by atoms with van der Waals surface area (Å²) < 4.78 is 12.9. The Morgan fingerprint density at radius 3 is 2.39 bits per heavy atom. The van der Waals surface area contributed by atoms with Crippen LogP contribution in [0.15, 0.2) is 48.5 Å². The van der Waals surface area contributed by atoms with E-state index in [2.05, 4.69) is 6.07 Å². The Labute approximate surface area is 106 Å². The Balaban J connectivity index is 1.85. The summed E-state index contributed by atoms with van der Waals surface area (Å²) in [5.41, 5.74) is 3.39. The molecular formula is C16H15FO. The summed E-state index contributed by atoms with van der Waals surface area (Å²) in [5.74, 6) is 0.132. The second kappa shape index (κ2) is 4.54. The summed E-state index contributed by atoms with van der Waals surface area (Å²) in [6.45, 7) is 0. The summed E-state index contributed by atoms with van der Waals surface area (Å²) in [6.07, 6.45) is 1.26. The number of aliphatic hydroxyl groups excluding tert-OH is 1. The first kappa shape index (κ1) is 11.4. The molecule has 0 fully saturated rings. The molecule has 0 saturated carbocycles. The lowest BCUT2D eigenvalue weighted by molar-refractivity contribution is 0.173. The summed E-state index contributed by atoms with van der Waals surface area (Å²) >= 11 is 0. The summed E-state index contributed by atoms with van der Waals surface area (Å²) in [4.78, 5) is 0. The van der Waals surface area contributed by atoms with Crippen molar-refractivity contribution in [1.29, 1.82) is 0 Å². The van der Waals surface area contributed by atoms with Gasteiger partial charge < -0.3 is 5.11 Å². The molecule has 0 spiro atoms. The topological polar surface area (TPSA) is 20.2 Å². The summed E-state index contributed by atoms with van der Waals surface area (Å²) in [7, 11) is 0. The molecule has 0 radical (unpaired) electrons. The number of hydrogen-bond donors (Lipinski definition) is 1. The molecule has 0 aromatic heterocycles. The van der Waals surface area contributed by atoms with E-state index in [0.717, 1.165) is 24.0 Å². The van der Waals surface area contributed by atoms with Gasteiger partial charge in [0.2, 0.25) is 0 Å². The van der Waals surface area contributed by atoms with Gasteiger partial charge in [-0.2, -0.15) is 0 Å². The molecule has 0 saturated heterocycles. The zero-order valence-electron chi connectivity index (χ0n) is 10.0. The molecule has 1 aliphatic rings. The van der Waals surface area contributed by atoms with Gasteiger partial charge in [-0.25, -0.2) is 4.39 Å². The first-order chi connectivity index (χ1) is 8.74. The number of fused-ring (bicyclic) bond motifs is 1. The van der Waals surface area contributed by atoms with E-state index < -0.39 is 0 Å². The first-order valence-electron chi connectivity index (χ1n) is 6.25. The van der Waals surface area contributed by atoms with Crippen LogP contribution in [0.4, 0.5) is 4.39 Å². The van der Waals surface area contributed by atoms with E-state index in [9.17, 15) is 9.50 Å². The van der Waals surface area contributed by atoms with Crippen LogP contribution in [-0.4, -0.2) is 5.11 Å². The number of rotatable bonds is 2. The van der Waals surface area contributed by atoms with Crippen LogP contribution in [-0.2, 0) is 6.42 Å². The van der Waals surface area contributed by atoms with Gasteiger partial charge in [-0.3, -0.25) is 0 Å². The van der Waals surface area contributed by atoms with Crippen LogP contribution in [0.2, 0.25) is 0 Å². The van der Waals surface area contributed by atoms with Crippen molar-refractivity contribution in [1.82, 2.24) is 0 Å². The predicted molar refractivity (Wildman–Crippen MR) is 68.9 cm³/mol. The predicted octanol–water partition coefficient (Wildman–Crippen LogP) is 3.59. The molecule has 0 unspecified atom stereocenters. The monoisotopic (exact) mass is 242 g/mol. The van der Waals surface area contributed by atoms with Crippen molar-refractivity contribution >= 4 is 0 Å². The van der Waals surface area contributed by atoms with Crippen molar-refractivity contribution in [3.8, 4) is 0 Å². The minimum Gasteiger partial charge on any atom is -0.388 e. The molecular weight excluding hydrogens is 227 g/mol. The maximum absolute atomic E-state index is 12.9. The van der Waals surface area contributed by atoms with E-state index in [1.54, 1.807) is 0 Å².